The first-order valence-corrected chi connectivity index (χ1v) is 13.9. The molecule has 0 unspecified atom stereocenters. The zero-order valence-electron chi connectivity index (χ0n) is 22.1. The van der Waals surface area contributed by atoms with Crippen LogP contribution in [0.3, 0.4) is 0 Å². The first-order valence-electron chi connectivity index (χ1n) is 13.9. The summed E-state index contributed by atoms with van der Waals surface area (Å²) in [6.07, 6.45) is 0. The van der Waals surface area contributed by atoms with Gasteiger partial charge in [0, 0.05) is 38.1 Å². The summed E-state index contributed by atoms with van der Waals surface area (Å²) in [5, 5.41) is 6.01. The second-order valence-electron chi connectivity index (χ2n) is 10.6. The molecule has 0 spiro atoms. The van der Waals surface area contributed by atoms with Crippen LogP contribution in [-0.2, 0) is 0 Å². The normalized spacial score (nSPS) is 11.9. The molecule has 41 heavy (non-hydrogen) atoms. The van der Waals surface area contributed by atoms with Crippen molar-refractivity contribution < 1.29 is 0 Å². The van der Waals surface area contributed by atoms with Crippen LogP contribution in [-0.4, -0.2) is 14.4 Å². The van der Waals surface area contributed by atoms with Crippen molar-refractivity contribution in [1.82, 2.24) is 14.4 Å². The number of para-hydroxylation sites is 3. The zero-order valence-corrected chi connectivity index (χ0v) is 22.1. The average molecular weight is 522 g/mol. The first-order chi connectivity index (χ1) is 20.3. The van der Waals surface area contributed by atoms with Gasteiger partial charge in [-0.2, -0.15) is 0 Å². The summed E-state index contributed by atoms with van der Waals surface area (Å²) in [6, 6.07) is 49.4. The van der Waals surface area contributed by atoms with Crippen LogP contribution < -0.4 is 0 Å². The van der Waals surface area contributed by atoms with Crippen molar-refractivity contribution in [3.8, 4) is 33.8 Å². The zero-order chi connectivity index (χ0) is 26.9. The maximum Gasteiger partial charge on any atom is 0.160 e. The van der Waals surface area contributed by atoms with E-state index >= 15 is 0 Å². The first kappa shape index (κ1) is 22.3. The minimum atomic E-state index is 0.741. The van der Waals surface area contributed by atoms with Crippen molar-refractivity contribution in [3.63, 3.8) is 0 Å². The quantitative estimate of drug-likeness (QED) is 0.232. The van der Waals surface area contributed by atoms with Crippen LogP contribution in [0.1, 0.15) is 0 Å². The van der Waals surface area contributed by atoms with Crippen LogP contribution in [0.25, 0.3) is 82.8 Å². The maximum absolute atomic E-state index is 5.25. The van der Waals surface area contributed by atoms with Crippen LogP contribution in [0.5, 0.6) is 0 Å². The molecule has 0 aliphatic heterocycles. The Morgan fingerprint density at radius 3 is 1.61 bits per heavy atom. The fourth-order valence-corrected chi connectivity index (χ4v) is 6.46. The van der Waals surface area contributed by atoms with Crippen molar-refractivity contribution >= 4 is 49.0 Å². The van der Waals surface area contributed by atoms with Gasteiger partial charge in [0.2, 0.25) is 0 Å². The number of aromatic nitrogens is 3. The van der Waals surface area contributed by atoms with E-state index in [-0.39, 0.29) is 0 Å². The van der Waals surface area contributed by atoms with E-state index in [1.54, 1.807) is 0 Å². The van der Waals surface area contributed by atoms with Gasteiger partial charge in [-0.05, 0) is 41.5 Å². The molecule has 0 aliphatic rings. The van der Waals surface area contributed by atoms with Crippen LogP contribution >= 0.6 is 0 Å². The third kappa shape index (κ3) is 3.26. The largest absolute Gasteiger partial charge is 0.308 e. The fourth-order valence-electron chi connectivity index (χ4n) is 6.46. The highest BCUT2D eigenvalue weighted by molar-refractivity contribution is 6.24. The van der Waals surface area contributed by atoms with Crippen molar-refractivity contribution in [2.45, 2.75) is 0 Å². The molecule has 0 radical (unpaired) electrons. The molecule has 0 atom stereocenters. The van der Waals surface area contributed by atoms with Crippen molar-refractivity contribution in [1.29, 1.82) is 0 Å². The molecule has 3 heteroatoms. The molecule has 3 nitrogen and oxygen atoms in total. The minimum absolute atomic E-state index is 0.741. The molecule has 0 aliphatic carbocycles. The summed E-state index contributed by atoms with van der Waals surface area (Å²) in [6.45, 7) is 0. The Bertz CT molecular complexity index is 2320. The number of rotatable bonds is 3. The van der Waals surface area contributed by atoms with E-state index in [1.165, 1.54) is 49.2 Å². The third-order valence-electron chi connectivity index (χ3n) is 8.33. The van der Waals surface area contributed by atoms with Crippen LogP contribution in [0.15, 0.2) is 140 Å². The summed E-state index contributed by atoms with van der Waals surface area (Å²) in [7, 11) is 0. The second-order valence-corrected chi connectivity index (χ2v) is 10.6. The Labute approximate surface area is 236 Å². The van der Waals surface area contributed by atoms with Gasteiger partial charge in [0.05, 0.1) is 27.8 Å². The fraction of sp³-hybridized carbons (Fsp3) is 0. The van der Waals surface area contributed by atoms with Gasteiger partial charge in [-0.1, -0.05) is 109 Å². The number of hydrogen-bond donors (Lipinski definition) is 0. The summed E-state index contributed by atoms with van der Waals surface area (Å²) in [4.78, 5) is 10.3. The Morgan fingerprint density at radius 2 is 0.927 bits per heavy atom. The molecule has 9 aromatic rings. The van der Waals surface area contributed by atoms with Gasteiger partial charge in [-0.25, -0.2) is 9.97 Å². The van der Waals surface area contributed by atoms with Gasteiger partial charge in [0.25, 0.3) is 0 Å². The Hall–Kier alpha value is -5.54. The standard InChI is InChI=1S/C38H23N3/c1-2-10-24(11-3-1)25-18-20-26(21-19-25)36-30-14-4-7-15-33(30)39-38(40-36)27-22-31-28-12-5-8-16-34(28)41-35-17-9-6-13-29(35)32(23-27)37(31)41/h1-23H. The third-order valence-corrected chi connectivity index (χ3v) is 8.33. The van der Waals surface area contributed by atoms with Gasteiger partial charge in [-0.3, -0.25) is 0 Å². The summed E-state index contributed by atoms with van der Waals surface area (Å²) >= 11 is 0. The number of fused-ring (bicyclic) bond motifs is 7. The lowest BCUT2D eigenvalue weighted by molar-refractivity contribution is 1.23. The molecule has 0 saturated carbocycles. The van der Waals surface area contributed by atoms with Crippen molar-refractivity contribution in [3.05, 3.63) is 140 Å². The van der Waals surface area contributed by atoms with E-state index < -0.39 is 0 Å². The summed E-state index contributed by atoms with van der Waals surface area (Å²) < 4.78 is 2.40. The van der Waals surface area contributed by atoms with Gasteiger partial charge in [0.15, 0.2) is 5.82 Å². The number of benzene rings is 6. The van der Waals surface area contributed by atoms with Gasteiger partial charge >= 0.3 is 0 Å². The topological polar surface area (TPSA) is 30.2 Å². The molecule has 190 valence electrons. The van der Waals surface area contributed by atoms with E-state index in [2.05, 4.69) is 132 Å². The lowest BCUT2D eigenvalue weighted by Crippen LogP contribution is -1.95. The average Bonchev–Trinajstić information content (AvgIpc) is 3.56. The highest BCUT2D eigenvalue weighted by Crippen LogP contribution is 2.41. The monoisotopic (exact) mass is 521 g/mol. The molecule has 0 N–H and O–H groups in total. The summed E-state index contributed by atoms with van der Waals surface area (Å²) in [5.74, 6) is 0.741. The lowest BCUT2D eigenvalue weighted by Gasteiger charge is -2.11. The van der Waals surface area contributed by atoms with Crippen LogP contribution in [0.4, 0.5) is 0 Å². The maximum atomic E-state index is 5.25. The van der Waals surface area contributed by atoms with Gasteiger partial charge in [0.1, 0.15) is 0 Å². The van der Waals surface area contributed by atoms with E-state index in [4.69, 9.17) is 9.97 Å². The molecule has 3 heterocycles. The van der Waals surface area contributed by atoms with Gasteiger partial charge < -0.3 is 4.40 Å². The predicted octanol–water partition coefficient (Wildman–Crippen LogP) is 9.78. The summed E-state index contributed by atoms with van der Waals surface area (Å²) in [5.41, 5.74) is 10.1. The molecule has 0 amide bonds. The van der Waals surface area contributed by atoms with E-state index in [1.807, 2.05) is 12.1 Å². The highest BCUT2D eigenvalue weighted by Gasteiger charge is 2.20. The highest BCUT2D eigenvalue weighted by atomic mass is 14.9. The Kier molecular flexibility index (Phi) is 4.61. The molecule has 9 rings (SSSR count). The lowest BCUT2D eigenvalue weighted by atomic mass is 10.0. The molecule has 3 aromatic heterocycles. The molecule has 6 aromatic carbocycles. The molecule has 0 saturated heterocycles. The Balaban J connectivity index is 1.30. The Morgan fingerprint density at radius 1 is 0.390 bits per heavy atom. The van der Waals surface area contributed by atoms with Gasteiger partial charge in [-0.15, -0.1) is 0 Å². The van der Waals surface area contributed by atoms with E-state index in [0.717, 1.165) is 33.5 Å². The molecular weight excluding hydrogens is 498 g/mol. The van der Waals surface area contributed by atoms with Crippen molar-refractivity contribution in [2.75, 3.05) is 0 Å². The van der Waals surface area contributed by atoms with Crippen LogP contribution in [0, 0.1) is 0 Å². The SMILES string of the molecule is c1ccc(-c2ccc(-c3nc(-c4cc5c6ccccc6n6c7ccccc7c(c4)c56)nc4ccccc34)cc2)cc1. The van der Waals surface area contributed by atoms with Crippen molar-refractivity contribution in [2.24, 2.45) is 0 Å². The number of nitrogens with zero attached hydrogens (tertiary/aromatic N) is 3. The molecular formula is C38H23N3. The van der Waals surface area contributed by atoms with Crippen LogP contribution in [0.2, 0.25) is 0 Å². The number of hydrogen-bond acceptors (Lipinski definition) is 2. The molecule has 0 fully saturated rings. The molecule has 0 bridgehead atoms. The predicted molar refractivity (Wildman–Crippen MR) is 171 cm³/mol. The second kappa shape index (κ2) is 8.48. The minimum Gasteiger partial charge on any atom is -0.308 e. The van der Waals surface area contributed by atoms with E-state index in [9.17, 15) is 0 Å². The smallest absolute Gasteiger partial charge is 0.160 e. The van der Waals surface area contributed by atoms with E-state index in [0.29, 0.717) is 0 Å².